The van der Waals surface area contributed by atoms with Crippen molar-refractivity contribution in [2.75, 3.05) is 11.9 Å². The number of benzene rings is 2. The number of carbonyl (C=O) groups excluding carboxylic acids is 2. The van der Waals surface area contributed by atoms with Crippen LogP contribution in [0.4, 0.5) is 5.69 Å². The first kappa shape index (κ1) is 17.0. The van der Waals surface area contributed by atoms with Gasteiger partial charge in [-0.15, -0.1) is 0 Å². The molecule has 0 aromatic heterocycles. The molecule has 0 fully saturated rings. The first-order valence-electron chi connectivity index (χ1n) is 8.44. The van der Waals surface area contributed by atoms with Crippen LogP contribution in [0.15, 0.2) is 48.2 Å². The third kappa shape index (κ3) is 2.95. The molecule has 1 heterocycles. The van der Waals surface area contributed by atoms with Crippen LogP contribution in [0.2, 0.25) is 0 Å². The zero-order valence-electron chi connectivity index (χ0n) is 15.0. The van der Waals surface area contributed by atoms with Crippen molar-refractivity contribution in [2.24, 2.45) is 0 Å². The van der Waals surface area contributed by atoms with Crippen molar-refractivity contribution in [3.63, 3.8) is 0 Å². The van der Waals surface area contributed by atoms with Crippen LogP contribution < -0.4 is 5.32 Å². The number of nitrogens with zero attached hydrogens (tertiary/aromatic N) is 1. The van der Waals surface area contributed by atoms with E-state index in [0.717, 1.165) is 27.9 Å². The van der Waals surface area contributed by atoms with E-state index in [1.807, 2.05) is 70.2 Å². The summed E-state index contributed by atoms with van der Waals surface area (Å²) in [5.74, 6) is -0.513. The zero-order valence-corrected chi connectivity index (χ0v) is 15.0. The molecule has 4 nitrogen and oxygen atoms in total. The highest BCUT2D eigenvalue weighted by atomic mass is 16.2. The van der Waals surface area contributed by atoms with E-state index in [4.69, 9.17) is 0 Å². The van der Waals surface area contributed by atoms with E-state index in [1.165, 1.54) is 4.90 Å². The molecule has 0 radical (unpaired) electrons. The van der Waals surface area contributed by atoms with Crippen LogP contribution in [-0.4, -0.2) is 23.3 Å². The molecular formula is C21H22N2O2. The van der Waals surface area contributed by atoms with Crippen LogP contribution >= 0.6 is 0 Å². The van der Waals surface area contributed by atoms with E-state index in [-0.39, 0.29) is 11.8 Å². The van der Waals surface area contributed by atoms with Gasteiger partial charge < -0.3 is 5.32 Å². The van der Waals surface area contributed by atoms with Gasteiger partial charge >= 0.3 is 0 Å². The molecule has 128 valence electrons. The summed E-state index contributed by atoms with van der Waals surface area (Å²) in [6.45, 7) is 8.11. The minimum atomic E-state index is -0.272. The van der Waals surface area contributed by atoms with Crippen LogP contribution in [0.25, 0.3) is 5.57 Å². The van der Waals surface area contributed by atoms with Crippen molar-refractivity contribution in [1.29, 1.82) is 0 Å². The van der Waals surface area contributed by atoms with Crippen LogP contribution in [0.3, 0.4) is 0 Å². The number of rotatable bonds is 4. The molecule has 3 rings (SSSR count). The van der Waals surface area contributed by atoms with E-state index >= 15 is 0 Å². The Balaban J connectivity index is 2.16. The third-order valence-corrected chi connectivity index (χ3v) is 4.54. The molecule has 1 aliphatic rings. The maximum Gasteiger partial charge on any atom is 0.278 e. The molecule has 0 unspecified atom stereocenters. The van der Waals surface area contributed by atoms with Gasteiger partial charge in [0.1, 0.15) is 5.70 Å². The molecule has 25 heavy (non-hydrogen) atoms. The first-order chi connectivity index (χ1) is 11.9. The SMILES string of the molecule is CCN1C(=O)C(Nc2ccccc2C)=C(c2ccc(C)cc2C)C1=O. The Hall–Kier alpha value is -2.88. The lowest BCUT2D eigenvalue weighted by atomic mass is 9.97. The quantitative estimate of drug-likeness (QED) is 0.865. The Morgan fingerprint density at radius 2 is 1.64 bits per heavy atom. The van der Waals surface area contributed by atoms with E-state index in [9.17, 15) is 9.59 Å². The number of likely N-dealkylation sites (N-methyl/N-ethyl adjacent to an activating group) is 1. The van der Waals surface area contributed by atoms with Gasteiger partial charge in [0, 0.05) is 12.2 Å². The number of imide groups is 1. The highest BCUT2D eigenvalue weighted by Crippen LogP contribution is 2.32. The number of para-hydroxylation sites is 1. The van der Waals surface area contributed by atoms with Gasteiger partial charge in [-0.25, -0.2) is 0 Å². The summed E-state index contributed by atoms with van der Waals surface area (Å²) in [4.78, 5) is 27.0. The minimum absolute atomic E-state index is 0.240. The van der Waals surface area contributed by atoms with Crippen LogP contribution in [0, 0.1) is 20.8 Å². The highest BCUT2D eigenvalue weighted by Gasteiger charge is 2.38. The summed E-state index contributed by atoms with van der Waals surface area (Å²) in [7, 11) is 0. The lowest BCUT2D eigenvalue weighted by Crippen LogP contribution is -2.32. The van der Waals surface area contributed by atoms with E-state index in [2.05, 4.69) is 5.32 Å². The van der Waals surface area contributed by atoms with Crippen molar-refractivity contribution in [3.8, 4) is 0 Å². The molecular weight excluding hydrogens is 312 g/mol. The van der Waals surface area contributed by atoms with Crippen molar-refractivity contribution in [2.45, 2.75) is 27.7 Å². The Bertz CT molecular complexity index is 897. The fraction of sp³-hybridized carbons (Fsp3) is 0.238. The number of anilines is 1. The summed E-state index contributed by atoms with van der Waals surface area (Å²) in [5, 5.41) is 3.21. The molecule has 2 aromatic rings. The van der Waals surface area contributed by atoms with Gasteiger partial charge in [0.2, 0.25) is 0 Å². The lowest BCUT2D eigenvalue weighted by molar-refractivity contribution is -0.136. The monoisotopic (exact) mass is 334 g/mol. The van der Waals surface area contributed by atoms with Gasteiger partial charge in [0.15, 0.2) is 0 Å². The average Bonchev–Trinajstić information content (AvgIpc) is 2.80. The number of hydrogen-bond donors (Lipinski definition) is 1. The summed E-state index contributed by atoms with van der Waals surface area (Å²) in [6, 6.07) is 13.6. The van der Waals surface area contributed by atoms with Gasteiger partial charge in [-0.3, -0.25) is 14.5 Å². The summed E-state index contributed by atoms with van der Waals surface area (Å²) in [6.07, 6.45) is 0. The molecule has 0 saturated carbocycles. The van der Waals surface area contributed by atoms with E-state index in [1.54, 1.807) is 0 Å². The molecule has 2 aromatic carbocycles. The molecule has 0 spiro atoms. The third-order valence-electron chi connectivity index (χ3n) is 4.54. The standard InChI is InChI=1S/C21H22N2O2/c1-5-23-20(24)18(16-11-10-13(2)12-15(16)4)19(21(23)25)22-17-9-7-6-8-14(17)3/h6-12,22H,5H2,1-4H3. The van der Waals surface area contributed by atoms with E-state index in [0.29, 0.717) is 17.8 Å². The van der Waals surface area contributed by atoms with E-state index < -0.39 is 0 Å². The topological polar surface area (TPSA) is 49.4 Å². The fourth-order valence-corrected chi connectivity index (χ4v) is 3.17. The van der Waals surface area contributed by atoms with Crippen molar-refractivity contribution < 1.29 is 9.59 Å². The van der Waals surface area contributed by atoms with Crippen LogP contribution in [0.5, 0.6) is 0 Å². The van der Waals surface area contributed by atoms with Gasteiger partial charge in [-0.05, 0) is 50.5 Å². The molecule has 0 bridgehead atoms. The summed E-state index contributed by atoms with van der Waals surface area (Å²) < 4.78 is 0. The molecule has 1 N–H and O–H groups in total. The minimum Gasteiger partial charge on any atom is -0.350 e. The fourth-order valence-electron chi connectivity index (χ4n) is 3.17. The molecule has 1 aliphatic heterocycles. The van der Waals surface area contributed by atoms with Gasteiger partial charge in [-0.1, -0.05) is 42.0 Å². The van der Waals surface area contributed by atoms with Crippen LogP contribution in [-0.2, 0) is 9.59 Å². The van der Waals surface area contributed by atoms with Crippen molar-refractivity contribution in [3.05, 3.63) is 70.4 Å². The largest absolute Gasteiger partial charge is 0.350 e. The molecule has 2 amide bonds. The first-order valence-corrected chi connectivity index (χ1v) is 8.44. The predicted octanol–water partition coefficient (Wildman–Crippen LogP) is 3.82. The Morgan fingerprint density at radius 3 is 2.28 bits per heavy atom. The lowest BCUT2D eigenvalue weighted by Gasteiger charge is -2.12. The van der Waals surface area contributed by atoms with Gasteiger partial charge in [0.05, 0.1) is 5.57 Å². The second-order valence-electron chi connectivity index (χ2n) is 6.36. The molecule has 0 saturated heterocycles. The van der Waals surface area contributed by atoms with Crippen LogP contribution in [0.1, 0.15) is 29.2 Å². The Kier molecular flexibility index (Phi) is 4.45. The van der Waals surface area contributed by atoms with Crippen molar-refractivity contribution in [1.82, 2.24) is 4.90 Å². The molecule has 4 heteroatoms. The zero-order chi connectivity index (χ0) is 18.1. The summed E-state index contributed by atoms with van der Waals surface area (Å²) >= 11 is 0. The van der Waals surface area contributed by atoms with Gasteiger partial charge in [0.25, 0.3) is 11.8 Å². The maximum absolute atomic E-state index is 12.9. The number of amides is 2. The number of aryl methyl sites for hydroxylation is 3. The number of carbonyl (C=O) groups is 2. The molecule has 0 aliphatic carbocycles. The smallest absolute Gasteiger partial charge is 0.278 e. The average molecular weight is 334 g/mol. The molecule has 0 atom stereocenters. The normalized spacial score (nSPS) is 14.5. The summed E-state index contributed by atoms with van der Waals surface area (Å²) in [5.41, 5.74) is 5.57. The second kappa shape index (κ2) is 6.55. The second-order valence-corrected chi connectivity index (χ2v) is 6.36. The Labute approximate surface area is 148 Å². The highest BCUT2D eigenvalue weighted by molar-refractivity contribution is 6.36. The predicted molar refractivity (Wildman–Crippen MR) is 100 cm³/mol. The van der Waals surface area contributed by atoms with Crippen molar-refractivity contribution >= 4 is 23.1 Å². The number of hydrogen-bond acceptors (Lipinski definition) is 3. The maximum atomic E-state index is 12.9. The van der Waals surface area contributed by atoms with Gasteiger partial charge in [-0.2, -0.15) is 0 Å². The number of nitrogens with one attached hydrogen (secondary N) is 1. The Morgan fingerprint density at radius 1 is 0.920 bits per heavy atom.